The quantitative estimate of drug-likeness (QED) is 0.623. The number of aromatic amines is 1. The van der Waals surface area contributed by atoms with E-state index in [1.54, 1.807) is 10.00 Å². The van der Waals surface area contributed by atoms with Crippen molar-refractivity contribution in [1.82, 2.24) is 25.1 Å². The van der Waals surface area contributed by atoms with Gasteiger partial charge in [-0.3, -0.25) is 9.59 Å². The molecule has 1 saturated heterocycles. The SMILES string of the molecule is O=C(CO[C@@H]1CCOc2c1n[nH]c(=O)c2C(F)(F)F)N1CCN(c2ncc(C(F)(F)F)cn2)CC1. The highest BCUT2D eigenvalue weighted by Crippen LogP contribution is 2.40. The van der Waals surface area contributed by atoms with Crippen LogP contribution in [-0.4, -0.2) is 70.4 Å². The monoisotopic (exact) mass is 508 g/mol. The van der Waals surface area contributed by atoms with E-state index in [4.69, 9.17) is 9.47 Å². The molecule has 4 heterocycles. The maximum absolute atomic E-state index is 13.3. The third-order valence-electron chi connectivity index (χ3n) is 5.47. The Bertz CT molecular complexity index is 1130. The number of anilines is 1. The van der Waals surface area contributed by atoms with Crippen molar-refractivity contribution in [2.24, 2.45) is 0 Å². The number of H-pyrrole nitrogens is 1. The highest BCUT2D eigenvalue weighted by Gasteiger charge is 2.42. The summed E-state index contributed by atoms with van der Waals surface area (Å²) in [5, 5.41) is 5.41. The number of alkyl halides is 6. The lowest BCUT2D eigenvalue weighted by atomic mass is 10.1. The number of hydrogen-bond donors (Lipinski definition) is 1. The molecule has 0 radical (unpaired) electrons. The van der Waals surface area contributed by atoms with Gasteiger partial charge in [-0.1, -0.05) is 0 Å². The van der Waals surface area contributed by atoms with Gasteiger partial charge in [0, 0.05) is 45.0 Å². The van der Waals surface area contributed by atoms with E-state index in [1.165, 1.54) is 4.90 Å². The van der Waals surface area contributed by atoms with E-state index in [9.17, 15) is 35.9 Å². The predicted molar refractivity (Wildman–Crippen MR) is 104 cm³/mol. The van der Waals surface area contributed by atoms with Crippen molar-refractivity contribution in [2.45, 2.75) is 24.9 Å². The van der Waals surface area contributed by atoms with Crippen LogP contribution in [0.15, 0.2) is 17.2 Å². The van der Waals surface area contributed by atoms with Crippen LogP contribution in [0.5, 0.6) is 5.75 Å². The van der Waals surface area contributed by atoms with Gasteiger partial charge in [0.15, 0.2) is 11.3 Å². The number of nitrogens with zero attached hydrogens (tertiary/aromatic N) is 5. The van der Waals surface area contributed by atoms with Gasteiger partial charge in [0.25, 0.3) is 5.56 Å². The van der Waals surface area contributed by atoms with Crippen molar-refractivity contribution in [3.05, 3.63) is 39.6 Å². The van der Waals surface area contributed by atoms with Crippen molar-refractivity contribution < 1.29 is 40.6 Å². The molecule has 2 aromatic rings. The second-order valence-corrected chi connectivity index (χ2v) is 7.71. The first-order valence-corrected chi connectivity index (χ1v) is 10.3. The van der Waals surface area contributed by atoms with Crippen LogP contribution in [0.4, 0.5) is 32.3 Å². The van der Waals surface area contributed by atoms with Crippen LogP contribution in [0, 0.1) is 0 Å². The topological polar surface area (TPSA) is 114 Å². The van der Waals surface area contributed by atoms with Gasteiger partial charge in [-0.25, -0.2) is 15.1 Å². The number of amides is 1. The number of carbonyl (C=O) groups excluding carboxylic acids is 1. The minimum Gasteiger partial charge on any atom is -0.491 e. The normalized spacial score (nSPS) is 18.7. The first-order chi connectivity index (χ1) is 16.4. The van der Waals surface area contributed by atoms with Crippen molar-refractivity contribution in [3.63, 3.8) is 0 Å². The van der Waals surface area contributed by atoms with Crippen molar-refractivity contribution >= 4 is 11.9 Å². The molecule has 1 amide bonds. The molecular weight excluding hydrogens is 490 g/mol. The second kappa shape index (κ2) is 9.31. The van der Waals surface area contributed by atoms with Crippen LogP contribution in [0.2, 0.25) is 0 Å². The lowest BCUT2D eigenvalue weighted by Crippen LogP contribution is -2.50. The van der Waals surface area contributed by atoms with Gasteiger partial charge in [0.2, 0.25) is 11.9 Å². The zero-order valence-electron chi connectivity index (χ0n) is 17.8. The van der Waals surface area contributed by atoms with Crippen molar-refractivity contribution in [2.75, 3.05) is 44.3 Å². The Morgan fingerprint density at radius 3 is 2.34 bits per heavy atom. The third kappa shape index (κ3) is 5.31. The van der Waals surface area contributed by atoms with Gasteiger partial charge < -0.3 is 19.3 Å². The zero-order valence-corrected chi connectivity index (χ0v) is 17.8. The fourth-order valence-electron chi connectivity index (χ4n) is 3.69. The number of rotatable bonds is 4. The number of carbonyl (C=O) groups is 1. The summed E-state index contributed by atoms with van der Waals surface area (Å²) in [5.74, 6) is -1.05. The standard InChI is InChI=1S/C19H18F6N6O4/c20-18(21,22)10-7-26-17(27-8-10)31-4-2-30(3-5-31)12(32)9-35-11-1-6-34-15-13(19(23,24)25)16(33)29-28-14(11)15/h7-8,11H,1-6,9H2,(H,29,33)/t11-/m1/s1. The fourth-order valence-corrected chi connectivity index (χ4v) is 3.69. The molecule has 10 nitrogen and oxygen atoms in total. The van der Waals surface area contributed by atoms with E-state index < -0.39 is 53.4 Å². The maximum atomic E-state index is 13.3. The highest BCUT2D eigenvalue weighted by molar-refractivity contribution is 5.77. The molecule has 2 aliphatic heterocycles. The molecule has 0 aromatic carbocycles. The van der Waals surface area contributed by atoms with E-state index in [0.29, 0.717) is 12.4 Å². The summed E-state index contributed by atoms with van der Waals surface area (Å²) in [4.78, 5) is 34.7. The summed E-state index contributed by atoms with van der Waals surface area (Å²) in [5.41, 5.74) is -4.17. The Morgan fingerprint density at radius 1 is 1.09 bits per heavy atom. The maximum Gasteiger partial charge on any atom is 0.425 e. The van der Waals surface area contributed by atoms with Crippen LogP contribution < -0.4 is 15.2 Å². The summed E-state index contributed by atoms with van der Waals surface area (Å²) in [6, 6.07) is 0. The molecule has 0 unspecified atom stereocenters. The molecule has 0 saturated carbocycles. The van der Waals surface area contributed by atoms with E-state index in [2.05, 4.69) is 15.1 Å². The molecule has 2 aliphatic rings. The minimum atomic E-state index is -4.96. The first-order valence-electron chi connectivity index (χ1n) is 10.3. The Labute approximate surface area is 192 Å². The lowest BCUT2D eigenvalue weighted by molar-refractivity contribution is -0.143. The number of ether oxygens (including phenoxy) is 2. The molecule has 0 bridgehead atoms. The van der Waals surface area contributed by atoms with E-state index >= 15 is 0 Å². The van der Waals surface area contributed by atoms with Gasteiger partial charge in [0.1, 0.15) is 18.4 Å². The molecule has 2 aromatic heterocycles. The summed E-state index contributed by atoms with van der Waals surface area (Å²) < 4.78 is 88.3. The molecule has 35 heavy (non-hydrogen) atoms. The number of hydrogen-bond acceptors (Lipinski definition) is 8. The summed E-state index contributed by atoms with van der Waals surface area (Å²) in [7, 11) is 0. The van der Waals surface area contributed by atoms with Crippen molar-refractivity contribution in [1.29, 1.82) is 0 Å². The molecule has 1 N–H and O–H groups in total. The van der Waals surface area contributed by atoms with E-state index in [0.717, 1.165) is 0 Å². The van der Waals surface area contributed by atoms with Gasteiger partial charge in [0.05, 0.1) is 12.2 Å². The average molecular weight is 508 g/mol. The van der Waals surface area contributed by atoms with E-state index in [1.807, 2.05) is 0 Å². The van der Waals surface area contributed by atoms with Crippen LogP contribution in [0.1, 0.15) is 29.3 Å². The molecular formula is C19H18F6N6O4. The Balaban J connectivity index is 1.34. The lowest BCUT2D eigenvalue weighted by Gasteiger charge is -2.35. The Morgan fingerprint density at radius 2 is 1.74 bits per heavy atom. The third-order valence-corrected chi connectivity index (χ3v) is 5.47. The molecule has 16 heteroatoms. The molecule has 190 valence electrons. The average Bonchev–Trinajstić information content (AvgIpc) is 2.81. The van der Waals surface area contributed by atoms with Crippen LogP contribution in [-0.2, 0) is 21.9 Å². The Hall–Kier alpha value is -3.43. The smallest absolute Gasteiger partial charge is 0.425 e. The highest BCUT2D eigenvalue weighted by atomic mass is 19.4. The summed E-state index contributed by atoms with van der Waals surface area (Å²) >= 11 is 0. The summed E-state index contributed by atoms with van der Waals surface area (Å²) in [6.07, 6.45) is -9.02. The molecule has 0 aliphatic carbocycles. The number of halogens is 6. The number of fused-ring (bicyclic) bond motifs is 1. The molecule has 1 fully saturated rings. The van der Waals surface area contributed by atoms with E-state index in [-0.39, 0.29) is 50.8 Å². The minimum absolute atomic E-state index is 0.0979. The van der Waals surface area contributed by atoms with Gasteiger partial charge >= 0.3 is 12.4 Å². The Kier molecular flexibility index (Phi) is 6.57. The molecule has 1 atom stereocenters. The van der Waals surface area contributed by atoms with Gasteiger partial charge in [-0.15, -0.1) is 0 Å². The number of nitrogens with one attached hydrogen (secondary N) is 1. The van der Waals surface area contributed by atoms with Crippen LogP contribution >= 0.6 is 0 Å². The fraction of sp³-hybridized carbons (Fsp3) is 0.526. The van der Waals surface area contributed by atoms with Crippen LogP contribution in [0.25, 0.3) is 0 Å². The molecule has 0 spiro atoms. The van der Waals surface area contributed by atoms with Crippen LogP contribution in [0.3, 0.4) is 0 Å². The largest absolute Gasteiger partial charge is 0.491 e. The summed E-state index contributed by atoms with van der Waals surface area (Å²) in [6.45, 7) is 0.320. The zero-order chi connectivity index (χ0) is 25.4. The number of aromatic nitrogens is 4. The second-order valence-electron chi connectivity index (χ2n) is 7.71. The van der Waals surface area contributed by atoms with Gasteiger partial charge in [-0.2, -0.15) is 31.4 Å². The predicted octanol–water partition coefficient (Wildman–Crippen LogP) is 1.79. The van der Waals surface area contributed by atoms with Gasteiger partial charge in [-0.05, 0) is 0 Å². The molecule has 4 rings (SSSR count). The first kappa shape index (κ1) is 24.7. The number of piperazine rings is 1. The van der Waals surface area contributed by atoms with Crippen molar-refractivity contribution in [3.8, 4) is 5.75 Å².